The average Bonchev–Trinajstić information content (AvgIpc) is 2.79. The van der Waals surface area contributed by atoms with Crippen molar-refractivity contribution in [1.29, 1.82) is 5.41 Å². The summed E-state index contributed by atoms with van der Waals surface area (Å²) in [5.74, 6) is -0.510. The van der Waals surface area contributed by atoms with E-state index in [-0.39, 0.29) is 18.7 Å². The van der Waals surface area contributed by atoms with E-state index in [1.165, 1.54) is 6.92 Å². The number of benzene rings is 2. The van der Waals surface area contributed by atoms with Crippen molar-refractivity contribution in [2.75, 3.05) is 0 Å². The highest BCUT2D eigenvalue weighted by Crippen LogP contribution is 2.35. The Kier molecular flexibility index (Phi) is 9.77. The first-order valence-electron chi connectivity index (χ1n) is 10.9. The Morgan fingerprint density at radius 3 is 1.88 bits per heavy atom. The average molecular weight is 529 g/mol. The summed E-state index contributed by atoms with van der Waals surface area (Å²) < 4.78 is 22.5. The number of carbonyl (C=O) groups excluding carboxylic acids is 1. The Hall–Kier alpha value is -1.67. The first-order valence-corrected chi connectivity index (χ1v) is 12.1. The van der Waals surface area contributed by atoms with Crippen LogP contribution < -0.4 is 0 Å². The Bertz CT molecular complexity index is 939. The predicted molar refractivity (Wildman–Crippen MR) is 133 cm³/mol. The van der Waals surface area contributed by atoms with Gasteiger partial charge in [-0.05, 0) is 18.1 Å². The first-order chi connectivity index (χ1) is 16.1. The van der Waals surface area contributed by atoms with Gasteiger partial charge >= 0.3 is 5.97 Å². The van der Waals surface area contributed by atoms with Crippen molar-refractivity contribution >= 4 is 46.5 Å². The van der Waals surface area contributed by atoms with Gasteiger partial charge in [0.2, 0.25) is 3.79 Å². The molecule has 2 aromatic rings. The van der Waals surface area contributed by atoms with Crippen LogP contribution in [0.2, 0.25) is 0 Å². The van der Waals surface area contributed by atoms with Crippen molar-refractivity contribution in [2.45, 2.75) is 67.8 Å². The van der Waals surface area contributed by atoms with Crippen LogP contribution in [0.1, 0.15) is 31.4 Å². The van der Waals surface area contributed by atoms with Crippen molar-refractivity contribution in [3.8, 4) is 0 Å². The third-order valence-corrected chi connectivity index (χ3v) is 6.17. The van der Waals surface area contributed by atoms with E-state index in [2.05, 4.69) is 0 Å². The fourth-order valence-corrected chi connectivity index (χ4v) is 4.10. The van der Waals surface area contributed by atoms with E-state index in [9.17, 15) is 4.79 Å². The van der Waals surface area contributed by atoms with Crippen LogP contribution in [0.3, 0.4) is 0 Å². The summed E-state index contributed by atoms with van der Waals surface area (Å²) in [4.78, 5) is 12.0. The van der Waals surface area contributed by atoms with Gasteiger partial charge in [0.25, 0.3) is 0 Å². The molecule has 0 spiro atoms. The lowest BCUT2D eigenvalue weighted by Crippen LogP contribution is -2.60. The molecule has 1 aliphatic heterocycles. The minimum atomic E-state index is -1.89. The Balaban J connectivity index is 1.86. The molecular formula is C25H28Cl3NO5. The lowest BCUT2D eigenvalue weighted by Gasteiger charge is -2.45. The van der Waals surface area contributed by atoms with E-state index in [4.69, 9.17) is 59.2 Å². The van der Waals surface area contributed by atoms with E-state index in [0.717, 1.165) is 11.1 Å². The smallest absolute Gasteiger partial charge is 0.303 e. The highest BCUT2D eigenvalue weighted by Gasteiger charge is 2.49. The van der Waals surface area contributed by atoms with Gasteiger partial charge in [-0.25, -0.2) is 0 Å². The van der Waals surface area contributed by atoms with Crippen LogP contribution >= 0.6 is 34.8 Å². The van der Waals surface area contributed by atoms with Gasteiger partial charge in [-0.15, -0.1) is 0 Å². The molecule has 1 fully saturated rings. The number of rotatable bonds is 9. The molecule has 0 aromatic heterocycles. The summed E-state index contributed by atoms with van der Waals surface area (Å²) in [6, 6.07) is 19.4. The zero-order valence-corrected chi connectivity index (χ0v) is 21.2. The minimum Gasteiger partial charge on any atom is -0.457 e. The van der Waals surface area contributed by atoms with Gasteiger partial charge in [0.05, 0.1) is 25.0 Å². The van der Waals surface area contributed by atoms with Gasteiger partial charge in [-0.1, -0.05) is 95.5 Å². The molecule has 1 saturated heterocycles. The number of esters is 1. The van der Waals surface area contributed by atoms with E-state index in [1.807, 2.05) is 67.6 Å². The zero-order valence-electron chi connectivity index (χ0n) is 19.0. The molecule has 3 rings (SSSR count). The SMILES string of the molecule is CC(=O)OC1[C@H](CC(=N)C(Cl)(Cl)Cl)OC(C)[C@H](OCc2ccccc2)[C@@H]1OCc1ccccc1. The lowest BCUT2D eigenvalue weighted by molar-refractivity contribution is -0.253. The van der Waals surface area contributed by atoms with Crippen LogP contribution in [0.25, 0.3) is 0 Å². The number of hydrogen-bond donors (Lipinski definition) is 1. The number of halogens is 3. The number of nitrogens with one attached hydrogen (secondary N) is 1. The van der Waals surface area contributed by atoms with E-state index >= 15 is 0 Å². The second-order valence-corrected chi connectivity index (χ2v) is 10.4. The fourth-order valence-electron chi connectivity index (χ4n) is 3.87. The molecule has 1 N–H and O–H groups in total. The van der Waals surface area contributed by atoms with Crippen LogP contribution in [0.15, 0.2) is 60.7 Å². The van der Waals surface area contributed by atoms with Crippen LogP contribution in [-0.2, 0) is 37.0 Å². The predicted octanol–water partition coefficient (Wildman–Crippen LogP) is 5.66. The van der Waals surface area contributed by atoms with Gasteiger partial charge in [0.1, 0.15) is 18.3 Å². The van der Waals surface area contributed by atoms with Gasteiger partial charge in [0, 0.05) is 13.3 Å². The lowest BCUT2D eigenvalue weighted by atomic mass is 9.92. The summed E-state index contributed by atoms with van der Waals surface area (Å²) in [6.45, 7) is 3.76. The summed E-state index contributed by atoms with van der Waals surface area (Å²) in [5, 5.41) is 8.17. The van der Waals surface area contributed by atoms with Crippen LogP contribution in [-0.4, -0.2) is 46.0 Å². The van der Waals surface area contributed by atoms with Crippen LogP contribution in [0, 0.1) is 5.41 Å². The molecular weight excluding hydrogens is 501 g/mol. The van der Waals surface area contributed by atoms with E-state index in [1.54, 1.807) is 0 Å². The Labute approximate surface area is 214 Å². The van der Waals surface area contributed by atoms with Gasteiger partial charge in [-0.2, -0.15) is 0 Å². The van der Waals surface area contributed by atoms with Gasteiger partial charge in [0.15, 0.2) is 6.10 Å². The molecule has 1 heterocycles. The van der Waals surface area contributed by atoms with Crippen molar-refractivity contribution < 1.29 is 23.7 Å². The zero-order chi connectivity index (χ0) is 24.7. The third-order valence-electron chi connectivity index (χ3n) is 5.49. The highest BCUT2D eigenvalue weighted by atomic mass is 35.6. The molecule has 2 aromatic carbocycles. The van der Waals surface area contributed by atoms with Gasteiger partial charge < -0.3 is 24.4 Å². The minimum absolute atomic E-state index is 0.0462. The molecule has 0 amide bonds. The summed E-state index contributed by atoms with van der Waals surface area (Å²) in [6.07, 6.45) is -3.33. The monoisotopic (exact) mass is 527 g/mol. The van der Waals surface area contributed by atoms with Crippen molar-refractivity contribution in [3.63, 3.8) is 0 Å². The Morgan fingerprint density at radius 1 is 0.912 bits per heavy atom. The van der Waals surface area contributed by atoms with E-state index in [0.29, 0.717) is 6.61 Å². The standard InChI is InChI=1S/C25H28Cl3NO5/c1-16-22(31-14-18-9-5-3-6-10-18)24(32-15-19-11-7-4-8-12-19)23(34-17(2)30)20(33-16)13-21(29)25(26,27)28/h3-12,16,20,22-24,29H,13-15H2,1-2H3/t16?,20-,22-,23?,24-/m0/s1. The molecule has 184 valence electrons. The maximum atomic E-state index is 12.0. The molecule has 9 heteroatoms. The number of ether oxygens (including phenoxy) is 4. The number of alkyl halides is 3. The molecule has 0 radical (unpaired) electrons. The summed E-state index contributed by atoms with van der Waals surface area (Å²) in [5.41, 5.74) is 1.77. The molecule has 0 saturated carbocycles. The van der Waals surface area contributed by atoms with Crippen molar-refractivity contribution in [1.82, 2.24) is 0 Å². The summed E-state index contributed by atoms with van der Waals surface area (Å²) >= 11 is 17.7. The largest absolute Gasteiger partial charge is 0.457 e. The highest BCUT2D eigenvalue weighted by molar-refractivity contribution is 6.76. The molecule has 5 atom stereocenters. The van der Waals surface area contributed by atoms with Crippen LogP contribution in [0.5, 0.6) is 0 Å². The first kappa shape index (κ1) is 26.9. The van der Waals surface area contributed by atoms with E-state index < -0.39 is 40.3 Å². The maximum Gasteiger partial charge on any atom is 0.303 e. The van der Waals surface area contributed by atoms with Gasteiger partial charge in [-0.3, -0.25) is 4.79 Å². The fraction of sp³-hybridized carbons (Fsp3) is 0.440. The van der Waals surface area contributed by atoms with Crippen molar-refractivity contribution in [2.24, 2.45) is 0 Å². The second kappa shape index (κ2) is 12.3. The topological polar surface area (TPSA) is 77.8 Å². The normalized spacial score (nSPS) is 25.0. The maximum absolute atomic E-state index is 12.0. The van der Waals surface area contributed by atoms with Crippen molar-refractivity contribution in [3.05, 3.63) is 71.8 Å². The second-order valence-electron chi connectivity index (χ2n) is 8.16. The summed E-state index contributed by atoms with van der Waals surface area (Å²) in [7, 11) is 0. The quantitative estimate of drug-likeness (QED) is 0.258. The number of hydrogen-bond acceptors (Lipinski definition) is 6. The molecule has 2 unspecified atom stereocenters. The third kappa shape index (κ3) is 7.67. The number of carbonyl (C=O) groups is 1. The van der Waals surface area contributed by atoms with Crippen LogP contribution in [0.4, 0.5) is 0 Å². The Morgan fingerprint density at radius 2 is 1.41 bits per heavy atom. The molecule has 6 nitrogen and oxygen atoms in total. The molecule has 1 aliphatic rings. The molecule has 0 bridgehead atoms. The molecule has 0 aliphatic carbocycles. The molecule has 34 heavy (non-hydrogen) atoms.